The number of rotatable bonds is 5. The molecule has 32 heavy (non-hydrogen) atoms. The summed E-state index contributed by atoms with van der Waals surface area (Å²) in [6.07, 6.45) is 4.03. The van der Waals surface area contributed by atoms with E-state index < -0.39 is 6.04 Å². The van der Waals surface area contributed by atoms with Gasteiger partial charge in [-0.25, -0.2) is 4.98 Å². The molecule has 2 aliphatic rings. The fraction of sp³-hybridized carbons (Fsp3) is 0.450. The number of aromatic nitrogens is 3. The fourth-order valence-electron chi connectivity index (χ4n) is 3.78. The maximum absolute atomic E-state index is 12.6. The Hall–Kier alpha value is -2.36. The van der Waals surface area contributed by atoms with Gasteiger partial charge in [0.1, 0.15) is 11.1 Å². The number of amides is 2. The van der Waals surface area contributed by atoms with Crippen LogP contribution in [0.25, 0.3) is 0 Å². The van der Waals surface area contributed by atoms with Crippen molar-refractivity contribution in [3.63, 3.8) is 0 Å². The number of hydrogen-bond acceptors (Lipinski definition) is 7. The maximum atomic E-state index is 12.6. The number of halogens is 3. The summed E-state index contributed by atoms with van der Waals surface area (Å²) in [5.74, 6) is 0.877. The van der Waals surface area contributed by atoms with Crippen LogP contribution in [0.5, 0.6) is 0 Å². The molecule has 4 rings (SSSR count). The van der Waals surface area contributed by atoms with Gasteiger partial charge >= 0.3 is 0 Å². The Labute approximate surface area is 200 Å². The van der Waals surface area contributed by atoms with E-state index in [1.807, 2.05) is 11.8 Å². The van der Waals surface area contributed by atoms with Crippen LogP contribution in [0.15, 0.2) is 18.5 Å². The van der Waals surface area contributed by atoms with Gasteiger partial charge in [0.05, 0.1) is 28.0 Å². The summed E-state index contributed by atoms with van der Waals surface area (Å²) in [5, 5.41) is 7.24. The van der Waals surface area contributed by atoms with Gasteiger partial charge in [-0.1, -0.05) is 34.8 Å². The van der Waals surface area contributed by atoms with Crippen molar-refractivity contribution in [2.45, 2.75) is 31.8 Å². The van der Waals surface area contributed by atoms with Crippen molar-refractivity contribution in [1.82, 2.24) is 25.2 Å². The van der Waals surface area contributed by atoms with E-state index in [-0.39, 0.29) is 17.9 Å². The van der Waals surface area contributed by atoms with Crippen LogP contribution in [0.3, 0.4) is 0 Å². The first-order valence-corrected chi connectivity index (χ1v) is 11.4. The molecule has 2 aromatic rings. The van der Waals surface area contributed by atoms with E-state index in [2.05, 4.69) is 25.6 Å². The Morgan fingerprint density at radius 2 is 1.91 bits per heavy atom. The Bertz CT molecular complexity index is 1030. The summed E-state index contributed by atoms with van der Waals surface area (Å²) >= 11 is 18.5. The van der Waals surface area contributed by atoms with Crippen molar-refractivity contribution in [2.24, 2.45) is 0 Å². The van der Waals surface area contributed by atoms with Crippen LogP contribution in [0, 0.1) is 0 Å². The first-order valence-electron chi connectivity index (χ1n) is 10.2. The molecule has 0 radical (unpaired) electrons. The van der Waals surface area contributed by atoms with E-state index in [1.165, 1.54) is 6.20 Å². The zero-order valence-corrected chi connectivity index (χ0v) is 19.6. The molecular weight excluding hydrogens is 477 g/mol. The Morgan fingerprint density at radius 1 is 1.16 bits per heavy atom. The fourth-order valence-corrected chi connectivity index (χ4v) is 4.46. The Balaban J connectivity index is 1.40. The van der Waals surface area contributed by atoms with E-state index in [4.69, 9.17) is 34.8 Å². The van der Waals surface area contributed by atoms with Crippen LogP contribution < -0.4 is 15.5 Å². The molecule has 2 N–H and O–H groups in total. The van der Waals surface area contributed by atoms with Gasteiger partial charge in [-0.3, -0.25) is 14.6 Å². The molecule has 4 heterocycles. The first kappa shape index (κ1) is 22.8. The molecule has 2 aliphatic heterocycles. The quantitative estimate of drug-likeness (QED) is 0.653. The summed E-state index contributed by atoms with van der Waals surface area (Å²) in [5.41, 5.74) is 0.624. The SMILES string of the molecule is C[C@@H](Nc1nc(N2CCN(C(=O)[C@H]3CCC(=O)N3)CC2)ncc1Cl)c1ncc(Cl)cc1Cl. The van der Waals surface area contributed by atoms with Gasteiger partial charge in [-0.05, 0) is 19.4 Å². The molecular formula is C20H22Cl3N7O2. The summed E-state index contributed by atoms with van der Waals surface area (Å²) < 4.78 is 0. The predicted molar refractivity (Wildman–Crippen MR) is 123 cm³/mol. The third-order valence-corrected chi connectivity index (χ3v) is 6.28. The van der Waals surface area contributed by atoms with Crippen LogP contribution in [0.1, 0.15) is 31.5 Å². The van der Waals surface area contributed by atoms with Gasteiger partial charge in [0.15, 0.2) is 5.82 Å². The molecule has 2 aromatic heterocycles. The number of hydrogen-bond donors (Lipinski definition) is 2. The number of piperazine rings is 1. The summed E-state index contributed by atoms with van der Waals surface area (Å²) in [4.78, 5) is 41.0. The highest BCUT2D eigenvalue weighted by Gasteiger charge is 2.32. The number of anilines is 2. The second-order valence-corrected chi connectivity index (χ2v) is 8.98. The maximum Gasteiger partial charge on any atom is 0.245 e. The van der Waals surface area contributed by atoms with Gasteiger partial charge in [0.25, 0.3) is 0 Å². The molecule has 2 saturated heterocycles. The zero-order chi connectivity index (χ0) is 22.8. The average Bonchev–Trinajstić information content (AvgIpc) is 3.21. The summed E-state index contributed by atoms with van der Waals surface area (Å²) in [6, 6.07) is 0.955. The van der Waals surface area contributed by atoms with E-state index >= 15 is 0 Å². The van der Waals surface area contributed by atoms with Crippen molar-refractivity contribution >= 4 is 58.4 Å². The molecule has 0 aromatic carbocycles. The Kier molecular flexibility index (Phi) is 6.88. The number of nitrogens with one attached hydrogen (secondary N) is 2. The van der Waals surface area contributed by atoms with Crippen LogP contribution in [-0.2, 0) is 9.59 Å². The van der Waals surface area contributed by atoms with Gasteiger partial charge in [0, 0.05) is 38.8 Å². The normalized spacial score (nSPS) is 19.6. The lowest BCUT2D eigenvalue weighted by molar-refractivity contribution is -0.134. The summed E-state index contributed by atoms with van der Waals surface area (Å²) in [7, 11) is 0. The molecule has 2 fully saturated rings. The lowest BCUT2D eigenvalue weighted by Crippen LogP contribution is -2.53. The van der Waals surface area contributed by atoms with Crippen LogP contribution in [0.4, 0.5) is 11.8 Å². The molecule has 0 saturated carbocycles. The van der Waals surface area contributed by atoms with Crippen LogP contribution >= 0.6 is 34.8 Å². The van der Waals surface area contributed by atoms with Crippen molar-refractivity contribution in [3.8, 4) is 0 Å². The zero-order valence-electron chi connectivity index (χ0n) is 17.3. The molecule has 0 bridgehead atoms. The highest BCUT2D eigenvalue weighted by atomic mass is 35.5. The Morgan fingerprint density at radius 3 is 2.56 bits per heavy atom. The molecule has 170 valence electrons. The van der Waals surface area contributed by atoms with E-state index in [1.54, 1.807) is 17.2 Å². The first-order chi connectivity index (χ1) is 15.3. The van der Waals surface area contributed by atoms with Gasteiger partial charge in [0.2, 0.25) is 17.8 Å². The molecule has 9 nitrogen and oxygen atoms in total. The smallest absolute Gasteiger partial charge is 0.245 e. The molecule has 12 heteroatoms. The number of carbonyl (C=O) groups is 2. The molecule has 0 aliphatic carbocycles. The third kappa shape index (κ3) is 5.00. The number of pyridine rings is 1. The molecule has 0 spiro atoms. The average molecular weight is 499 g/mol. The predicted octanol–water partition coefficient (Wildman–Crippen LogP) is 2.93. The van der Waals surface area contributed by atoms with Crippen molar-refractivity contribution in [2.75, 3.05) is 36.4 Å². The minimum atomic E-state index is -0.411. The summed E-state index contributed by atoms with van der Waals surface area (Å²) in [6.45, 7) is 4.11. The standard InChI is InChI=1S/C20H22Cl3N7O2/c1-11(17-13(22)8-12(21)9-24-17)26-18-14(23)10-25-20(28-18)30-6-4-29(5-7-30)19(32)15-2-3-16(31)27-15/h8-11,15H,2-7H2,1H3,(H,27,31)(H,25,26,28)/t11-,15-/m1/s1. The highest BCUT2D eigenvalue weighted by Crippen LogP contribution is 2.29. The van der Waals surface area contributed by atoms with Gasteiger partial charge in [-0.15, -0.1) is 0 Å². The van der Waals surface area contributed by atoms with Crippen molar-refractivity contribution in [1.29, 1.82) is 0 Å². The molecule has 2 amide bonds. The minimum Gasteiger partial charge on any atom is -0.361 e. The second-order valence-electron chi connectivity index (χ2n) is 7.72. The number of nitrogens with zero attached hydrogens (tertiary/aromatic N) is 5. The lowest BCUT2D eigenvalue weighted by Gasteiger charge is -2.36. The second kappa shape index (κ2) is 9.64. The van der Waals surface area contributed by atoms with Crippen molar-refractivity contribution in [3.05, 3.63) is 39.2 Å². The monoisotopic (exact) mass is 497 g/mol. The van der Waals surface area contributed by atoms with Gasteiger partial charge in [-0.2, -0.15) is 4.98 Å². The third-order valence-electron chi connectivity index (χ3n) is 5.50. The molecule has 2 atom stereocenters. The topological polar surface area (TPSA) is 103 Å². The molecule has 0 unspecified atom stereocenters. The van der Waals surface area contributed by atoms with E-state index in [0.29, 0.717) is 71.5 Å². The van der Waals surface area contributed by atoms with Crippen LogP contribution in [0.2, 0.25) is 15.1 Å². The van der Waals surface area contributed by atoms with Crippen LogP contribution in [-0.4, -0.2) is 63.9 Å². The van der Waals surface area contributed by atoms with E-state index in [0.717, 1.165) is 0 Å². The lowest BCUT2D eigenvalue weighted by atomic mass is 10.2. The highest BCUT2D eigenvalue weighted by molar-refractivity contribution is 6.35. The van der Waals surface area contributed by atoms with Crippen molar-refractivity contribution < 1.29 is 9.59 Å². The van der Waals surface area contributed by atoms with Gasteiger partial charge < -0.3 is 20.4 Å². The van der Waals surface area contributed by atoms with E-state index in [9.17, 15) is 9.59 Å². The minimum absolute atomic E-state index is 0.0314. The largest absolute Gasteiger partial charge is 0.361 e. The number of carbonyl (C=O) groups excluding carboxylic acids is 2.